The van der Waals surface area contributed by atoms with Crippen LogP contribution in [0.15, 0.2) is 41.3 Å². The van der Waals surface area contributed by atoms with Gasteiger partial charge in [-0.05, 0) is 60.9 Å². The standard InChI is InChI=1S/C16H18N2OS/c1-10-7-12(16(18)19)3-4-13(10)9-20-15-6-5-14(17)8-11(15)2/h3-8H,9,17H2,1-2H3,(H2,18,19). The first-order valence-corrected chi connectivity index (χ1v) is 7.34. The van der Waals surface area contributed by atoms with Gasteiger partial charge in [0.25, 0.3) is 0 Å². The van der Waals surface area contributed by atoms with Crippen LogP contribution < -0.4 is 11.5 Å². The van der Waals surface area contributed by atoms with Crippen LogP contribution in [0.4, 0.5) is 5.69 Å². The van der Waals surface area contributed by atoms with E-state index in [2.05, 4.69) is 6.92 Å². The Morgan fingerprint density at radius 1 is 1.10 bits per heavy atom. The van der Waals surface area contributed by atoms with E-state index in [-0.39, 0.29) is 5.91 Å². The average molecular weight is 286 g/mol. The minimum atomic E-state index is -0.387. The molecule has 4 N–H and O–H groups in total. The van der Waals surface area contributed by atoms with Crippen LogP contribution in [0.3, 0.4) is 0 Å². The monoisotopic (exact) mass is 286 g/mol. The number of aryl methyl sites for hydroxylation is 2. The van der Waals surface area contributed by atoms with Crippen LogP contribution in [0, 0.1) is 13.8 Å². The molecule has 1 amide bonds. The fraction of sp³-hybridized carbons (Fsp3) is 0.188. The zero-order chi connectivity index (χ0) is 14.7. The van der Waals surface area contributed by atoms with E-state index in [9.17, 15) is 4.79 Å². The predicted molar refractivity (Wildman–Crippen MR) is 84.8 cm³/mol. The maximum absolute atomic E-state index is 11.1. The molecule has 104 valence electrons. The molecule has 0 atom stereocenters. The molecule has 0 bridgehead atoms. The summed E-state index contributed by atoms with van der Waals surface area (Å²) in [5.74, 6) is 0.469. The summed E-state index contributed by atoms with van der Waals surface area (Å²) >= 11 is 1.77. The second-order valence-corrected chi connectivity index (χ2v) is 5.84. The number of amides is 1. The Hall–Kier alpha value is -1.94. The number of rotatable bonds is 4. The van der Waals surface area contributed by atoms with Crippen molar-refractivity contribution in [3.63, 3.8) is 0 Å². The summed E-state index contributed by atoms with van der Waals surface area (Å²) in [5, 5.41) is 0. The van der Waals surface area contributed by atoms with Crippen molar-refractivity contribution in [1.82, 2.24) is 0 Å². The van der Waals surface area contributed by atoms with E-state index < -0.39 is 0 Å². The highest BCUT2D eigenvalue weighted by Crippen LogP contribution is 2.28. The van der Waals surface area contributed by atoms with E-state index in [0.29, 0.717) is 5.56 Å². The Labute approximate surface area is 123 Å². The van der Waals surface area contributed by atoms with Crippen molar-refractivity contribution in [2.24, 2.45) is 5.73 Å². The summed E-state index contributed by atoms with van der Waals surface area (Å²) in [4.78, 5) is 12.3. The number of anilines is 1. The van der Waals surface area contributed by atoms with Gasteiger partial charge < -0.3 is 11.5 Å². The SMILES string of the molecule is Cc1cc(C(N)=O)ccc1CSc1ccc(N)cc1C. The number of hydrogen-bond acceptors (Lipinski definition) is 3. The van der Waals surface area contributed by atoms with Gasteiger partial charge in [-0.25, -0.2) is 0 Å². The summed E-state index contributed by atoms with van der Waals surface area (Å²) in [5.41, 5.74) is 15.8. The molecule has 0 aliphatic carbocycles. The predicted octanol–water partition coefficient (Wildman–Crippen LogP) is 3.28. The minimum absolute atomic E-state index is 0.387. The van der Waals surface area contributed by atoms with Gasteiger partial charge in [0.05, 0.1) is 0 Å². The Morgan fingerprint density at radius 2 is 1.85 bits per heavy atom. The fourth-order valence-corrected chi connectivity index (χ4v) is 3.09. The van der Waals surface area contributed by atoms with Gasteiger partial charge in [0.1, 0.15) is 0 Å². The summed E-state index contributed by atoms with van der Waals surface area (Å²) in [7, 11) is 0. The van der Waals surface area contributed by atoms with Gasteiger partial charge in [-0.3, -0.25) is 4.79 Å². The molecule has 0 aliphatic heterocycles. The van der Waals surface area contributed by atoms with Crippen LogP contribution in [-0.2, 0) is 5.75 Å². The Morgan fingerprint density at radius 3 is 2.45 bits per heavy atom. The number of carbonyl (C=O) groups is 1. The molecule has 3 nitrogen and oxygen atoms in total. The number of primary amides is 1. The smallest absolute Gasteiger partial charge is 0.248 e. The third kappa shape index (κ3) is 3.33. The molecule has 2 aromatic carbocycles. The Kier molecular flexibility index (Phi) is 4.35. The van der Waals surface area contributed by atoms with Crippen molar-refractivity contribution in [3.05, 3.63) is 58.7 Å². The van der Waals surface area contributed by atoms with Gasteiger partial charge in [-0.15, -0.1) is 11.8 Å². The molecule has 0 unspecified atom stereocenters. The van der Waals surface area contributed by atoms with Crippen LogP contribution in [0.5, 0.6) is 0 Å². The van der Waals surface area contributed by atoms with E-state index in [1.165, 1.54) is 16.0 Å². The van der Waals surface area contributed by atoms with Gasteiger partial charge in [-0.2, -0.15) is 0 Å². The first-order chi connectivity index (χ1) is 9.47. The lowest BCUT2D eigenvalue weighted by molar-refractivity contribution is 0.1000. The largest absolute Gasteiger partial charge is 0.399 e. The molecule has 20 heavy (non-hydrogen) atoms. The first kappa shape index (κ1) is 14.5. The second-order valence-electron chi connectivity index (χ2n) is 4.82. The maximum Gasteiger partial charge on any atom is 0.248 e. The Bertz CT molecular complexity index is 653. The topological polar surface area (TPSA) is 69.1 Å². The summed E-state index contributed by atoms with van der Waals surface area (Å²) in [6.45, 7) is 4.06. The third-order valence-electron chi connectivity index (χ3n) is 3.21. The first-order valence-electron chi connectivity index (χ1n) is 6.35. The van der Waals surface area contributed by atoms with E-state index in [4.69, 9.17) is 11.5 Å². The molecule has 2 aromatic rings. The highest BCUT2D eigenvalue weighted by atomic mass is 32.2. The van der Waals surface area contributed by atoms with Crippen molar-refractivity contribution in [2.45, 2.75) is 24.5 Å². The van der Waals surface area contributed by atoms with Gasteiger partial charge in [0.2, 0.25) is 5.91 Å². The van der Waals surface area contributed by atoms with Crippen LogP contribution >= 0.6 is 11.8 Å². The van der Waals surface area contributed by atoms with Crippen molar-refractivity contribution >= 4 is 23.4 Å². The summed E-state index contributed by atoms with van der Waals surface area (Å²) < 4.78 is 0. The molecule has 0 fully saturated rings. The molecule has 2 rings (SSSR count). The molecular formula is C16H18N2OS. The molecule has 0 aromatic heterocycles. The fourth-order valence-electron chi connectivity index (χ4n) is 2.00. The summed E-state index contributed by atoms with van der Waals surface area (Å²) in [6.07, 6.45) is 0. The van der Waals surface area contributed by atoms with Gasteiger partial charge >= 0.3 is 0 Å². The number of carbonyl (C=O) groups excluding carboxylic acids is 1. The number of hydrogen-bond donors (Lipinski definition) is 2. The van der Waals surface area contributed by atoms with Gasteiger partial charge in [0.15, 0.2) is 0 Å². The van der Waals surface area contributed by atoms with E-state index in [0.717, 1.165) is 17.0 Å². The number of benzene rings is 2. The lowest BCUT2D eigenvalue weighted by atomic mass is 10.1. The van der Waals surface area contributed by atoms with E-state index in [1.54, 1.807) is 17.8 Å². The normalized spacial score (nSPS) is 10.5. The average Bonchev–Trinajstić information content (AvgIpc) is 2.38. The number of nitrogen functional groups attached to an aromatic ring is 1. The zero-order valence-corrected chi connectivity index (χ0v) is 12.5. The zero-order valence-electron chi connectivity index (χ0n) is 11.6. The lowest BCUT2D eigenvalue weighted by Crippen LogP contribution is -2.11. The van der Waals surface area contributed by atoms with Crippen molar-refractivity contribution in [2.75, 3.05) is 5.73 Å². The highest BCUT2D eigenvalue weighted by molar-refractivity contribution is 7.98. The molecule has 0 saturated heterocycles. The molecule has 0 heterocycles. The lowest BCUT2D eigenvalue weighted by Gasteiger charge is -2.09. The van der Waals surface area contributed by atoms with E-state index >= 15 is 0 Å². The third-order valence-corrected chi connectivity index (χ3v) is 4.43. The molecule has 0 spiro atoms. The quantitative estimate of drug-likeness (QED) is 0.669. The maximum atomic E-state index is 11.1. The molecule has 0 saturated carbocycles. The van der Waals surface area contributed by atoms with Crippen LogP contribution in [-0.4, -0.2) is 5.91 Å². The van der Waals surface area contributed by atoms with Crippen LogP contribution in [0.25, 0.3) is 0 Å². The van der Waals surface area contributed by atoms with Gasteiger partial charge in [0, 0.05) is 21.9 Å². The van der Waals surface area contributed by atoms with Crippen molar-refractivity contribution in [3.8, 4) is 0 Å². The number of nitrogens with two attached hydrogens (primary N) is 2. The van der Waals surface area contributed by atoms with E-state index in [1.807, 2.05) is 37.3 Å². The molecule has 0 aliphatic rings. The number of thioether (sulfide) groups is 1. The van der Waals surface area contributed by atoms with Crippen LogP contribution in [0.2, 0.25) is 0 Å². The summed E-state index contributed by atoms with van der Waals surface area (Å²) in [6, 6.07) is 11.5. The second kappa shape index (κ2) is 6.01. The van der Waals surface area contributed by atoms with Gasteiger partial charge in [-0.1, -0.05) is 6.07 Å². The van der Waals surface area contributed by atoms with Crippen LogP contribution in [0.1, 0.15) is 27.0 Å². The molecular weight excluding hydrogens is 268 g/mol. The minimum Gasteiger partial charge on any atom is -0.399 e. The Balaban J connectivity index is 2.13. The molecule has 0 radical (unpaired) electrons. The molecule has 4 heteroatoms. The highest BCUT2D eigenvalue weighted by Gasteiger charge is 2.06. The van der Waals surface area contributed by atoms with Crippen molar-refractivity contribution < 1.29 is 4.79 Å². The van der Waals surface area contributed by atoms with Crippen molar-refractivity contribution in [1.29, 1.82) is 0 Å².